The maximum Gasteiger partial charge on any atom is 0.247 e. The van der Waals surface area contributed by atoms with Crippen molar-refractivity contribution in [3.05, 3.63) is 66.6 Å². The molecule has 5 aromatic rings. The van der Waals surface area contributed by atoms with Crippen molar-refractivity contribution >= 4 is 33.8 Å². The smallest absolute Gasteiger partial charge is 0.247 e. The Bertz CT molecular complexity index is 1280. The van der Waals surface area contributed by atoms with Crippen molar-refractivity contribution in [2.45, 2.75) is 17.2 Å². The molecule has 3 heterocycles. The summed E-state index contributed by atoms with van der Waals surface area (Å²) in [6.45, 7) is 1.95. The molecular weight excluding hydrogens is 379 g/mol. The van der Waals surface area contributed by atoms with Crippen LogP contribution in [0.5, 0.6) is 0 Å². The summed E-state index contributed by atoms with van der Waals surface area (Å²) in [6, 6.07) is 13.7. The van der Waals surface area contributed by atoms with Crippen LogP contribution in [0.15, 0.2) is 68.7 Å². The van der Waals surface area contributed by atoms with E-state index in [1.54, 1.807) is 12.1 Å². The number of thioether (sulfide) groups is 1. The predicted octanol–water partition coefficient (Wildman–Crippen LogP) is 5.42. The number of hydrogen-bond acceptors (Lipinski definition) is 7. The lowest BCUT2D eigenvalue weighted by Crippen LogP contribution is -1.91. The summed E-state index contributed by atoms with van der Waals surface area (Å²) >= 11 is 1.45. The van der Waals surface area contributed by atoms with Gasteiger partial charge in [-0.05, 0) is 43.3 Å². The molecule has 8 heteroatoms. The number of fused-ring (bicyclic) bond motifs is 3. The topological polar surface area (TPSA) is 77.8 Å². The van der Waals surface area contributed by atoms with Gasteiger partial charge < -0.3 is 8.83 Å². The van der Waals surface area contributed by atoms with Crippen molar-refractivity contribution in [2.75, 3.05) is 0 Å². The zero-order chi connectivity index (χ0) is 19.1. The van der Waals surface area contributed by atoms with Gasteiger partial charge >= 0.3 is 0 Å². The lowest BCUT2D eigenvalue weighted by atomic mass is 10.2. The van der Waals surface area contributed by atoms with Gasteiger partial charge in [-0.25, -0.2) is 14.4 Å². The normalized spacial score (nSPS) is 12.6. The first-order valence-electron chi connectivity index (χ1n) is 8.57. The van der Waals surface area contributed by atoms with E-state index in [0.717, 1.165) is 16.5 Å². The largest absolute Gasteiger partial charge is 0.451 e. The molecule has 0 fully saturated rings. The van der Waals surface area contributed by atoms with Crippen LogP contribution in [0.25, 0.3) is 33.5 Å². The van der Waals surface area contributed by atoms with E-state index >= 15 is 0 Å². The van der Waals surface area contributed by atoms with E-state index in [1.165, 1.54) is 30.2 Å². The average Bonchev–Trinajstić information content (AvgIpc) is 3.34. The Balaban J connectivity index is 1.46. The van der Waals surface area contributed by atoms with E-state index in [0.29, 0.717) is 28.0 Å². The molecular formula is C20H13FN4O2S. The highest BCUT2D eigenvalue weighted by atomic mass is 32.2. The van der Waals surface area contributed by atoms with Crippen molar-refractivity contribution < 1.29 is 13.2 Å². The Kier molecular flexibility index (Phi) is 4.05. The fourth-order valence-electron chi connectivity index (χ4n) is 2.91. The van der Waals surface area contributed by atoms with Crippen molar-refractivity contribution in [1.29, 1.82) is 0 Å². The van der Waals surface area contributed by atoms with Crippen LogP contribution < -0.4 is 0 Å². The van der Waals surface area contributed by atoms with Crippen LogP contribution in [-0.4, -0.2) is 20.2 Å². The van der Waals surface area contributed by atoms with Crippen LogP contribution in [0.1, 0.15) is 18.1 Å². The first-order valence-corrected chi connectivity index (χ1v) is 9.45. The lowest BCUT2D eigenvalue weighted by Gasteiger charge is -2.05. The molecule has 0 aliphatic carbocycles. The number of halogens is 1. The van der Waals surface area contributed by atoms with Gasteiger partial charge in [0.15, 0.2) is 5.58 Å². The highest BCUT2D eigenvalue weighted by Gasteiger charge is 2.20. The van der Waals surface area contributed by atoms with Crippen LogP contribution in [0.4, 0.5) is 4.39 Å². The SMILES string of the molecule is C[C@@H](Sc1ncnc2c1oc1ccccc12)c1nnc(-c2ccc(F)cc2)o1. The monoisotopic (exact) mass is 392 g/mol. The predicted molar refractivity (Wildman–Crippen MR) is 103 cm³/mol. The van der Waals surface area contributed by atoms with Gasteiger partial charge in [-0.2, -0.15) is 0 Å². The maximum absolute atomic E-state index is 13.1. The molecule has 0 bridgehead atoms. The quantitative estimate of drug-likeness (QED) is 0.298. The van der Waals surface area contributed by atoms with E-state index in [2.05, 4.69) is 20.2 Å². The van der Waals surface area contributed by atoms with Gasteiger partial charge in [0, 0.05) is 10.9 Å². The molecule has 2 aromatic carbocycles. The van der Waals surface area contributed by atoms with Gasteiger partial charge in [-0.15, -0.1) is 10.2 Å². The Morgan fingerprint density at radius 1 is 0.964 bits per heavy atom. The molecule has 0 N–H and O–H groups in total. The van der Waals surface area contributed by atoms with Gasteiger partial charge in [0.25, 0.3) is 0 Å². The van der Waals surface area contributed by atoms with Crippen LogP contribution in [0.2, 0.25) is 0 Å². The second-order valence-corrected chi connectivity index (χ2v) is 7.50. The molecule has 1 atom stereocenters. The van der Waals surface area contributed by atoms with Gasteiger partial charge in [0.1, 0.15) is 28.3 Å². The van der Waals surface area contributed by atoms with Crippen molar-refractivity contribution in [2.24, 2.45) is 0 Å². The number of para-hydroxylation sites is 1. The van der Waals surface area contributed by atoms with E-state index in [-0.39, 0.29) is 11.1 Å². The summed E-state index contributed by atoms with van der Waals surface area (Å²) in [4.78, 5) is 8.73. The Labute approximate surface area is 162 Å². The molecule has 0 aliphatic heterocycles. The third-order valence-corrected chi connectivity index (χ3v) is 5.36. The zero-order valence-electron chi connectivity index (χ0n) is 14.7. The molecule has 6 nitrogen and oxygen atoms in total. The third kappa shape index (κ3) is 2.91. The standard InChI is InChI=1S/C20H13FN4O2S/c1-11(18-24-25-19(27-18)12-6-8-13(21)9-7-12)28-20-17-16(22-10-23-20)14-4-2-3-5-15(14)26-17/h2-11H,1H3/t11-/m1/s1. The number of furan rings is 1. The number of aromatic nitrogens is 4. The van der Waals surface area contributed by atoms with E-state index in [9.17, 15) is 4.39 Å². The Morgan fingerprint density at radius 3 is 2.64 bits per heavy atom. The lowest BCUT2D eigenvalue weighted by molar-refractivity contribution is 0.509. The molecule has 28 heavy (non-hydrogen) atoms. The molecule has 3 aromatic heterocycles. The Hall–Kier alpha value is -3.26. The fourth-order valence-corrected chi connectivity index (χ4v) is 3.80. The summed E-state index contributed by atoms with van der Waals surface area (Å²) in [7, 11) is 0. The van der Waals surface area contributed by atoms with Gasteiger partial charge in [0.2, 0.25) is 11.8 Å². The minimum atomic E-state index is -0.314. The number of nitrogens with zero attached hydrogens (tertiary/aromatic N) is 4. The number of hydrogen-bond donors (Lipinski definition) is 0. The summed E-state index contributed by atoms with van der Waals surface area (Å²) in [5.41, 5.74) is 2.85. The zero-order valence-corrected chi connectivity index (χ0v) is 15.5. The van der Waals surface area contributed by atoms with Crippen molar-refractivity contribution in [3.63, 3.8) is 0 Å². The molecule has 0 unspecified atom stereocenters. The van der Waals surface area contributed by atoms with E-state index < -0.39 is 0 Å². The van der Waals surface area contributed by atoms with Gasteiger partial charge in [-0.3, -0.25) is 0 Å². The number of benzene rings is 2. The molecule has 0 saturated heterocycles. The minimum Gasteiger partial charge on any atom is -0.451 e. The summed E-state index contributed by atoms with van der Waals surface area (Å²) in [5.74, 6) is 0.484. The average molecular weight is 392 g/mol. The van der Waals surface area contributed by atoms with Crippen molar-refractivity contribution in [1.82, 2.24) is 20.2 Å². The first-order chi connectivity index (χ1) is 13.7. The van der Waals surface area contributed by atoms with Gasteiger partial charge in [0.05, 0.1) is 5.25 Å². The van der Waals surface area contributed by atoms with E-state index in [4.69, 9.17) is 8.83 Å². The summed E-state index contributed by atoms with van der Waals surface area (Å²) < 4.78 is 24.8. The van der Waals surface area contributed by atoms with Crippen molar-refractivity contribution in [3.8, 4) is 11.5 Å². The highest BCUT2D eigenvalue weighted by Crippen LogP contribution is 2.39. The summed E-state index contributed by atoms with van der Waals surface area (Å²) in [5, 5.41) is 9.69. The molecule has 0 saturated carbocycles. The molecule has 0 amide bonds. The highest BCUT2D eigenvalue weighted by molar-refractivity contribution is 7.99. The minimum absolute atomic E-state index is 0.159. The van der Waals surface area contributed by atoms with Crippen LogP contribution in [0.3, 0.4) is 0 Å². The first kappa shape index (κ1) is 16.9. The van der Waals surface area contributed by atoms with Crippen LogP contribution in [-0.2, 0) is 0 Å². The maximum atomic E-state index is 13.1. The van der Waals surface area contributed by atoms with E-state index in [1.807, 2.05) is 31.2 Å². The molecule has 0 spiro atoms. The van der Waals surface area contributed by atoms with Crippen LogP contribution in [0, 0.1) is 5.82 Å². The second kappa shape index (κ2) is 6.72. The number of rotatable bonds is 4. The fraction of sp³-hybridized carbons (Fsp3) is 0.100. The molecule has 0 radical (unpaired) electrons. The summed E-state index contributed by atoms with van der Waals surface area (Å²) in [6.07, 6.45) is 1.52. The molecule has 5 rings (SSSR count). The third-order valence-electron chi connectivity index (χ3n) is 4.29. The van der Waals surface area contributed by atoms with Crippen LogP contribution >= 0.6 is 11.8 Å². The molecule has 0 aliphatic rings. The van der Waals surface area contributed by atoms with Gasteiger partial charge in [-0.1, -0.05) is 23.9 Å². The molecule has 138 valence electrons. The second-order valence-electron chi connectivity index (χ2n) is 6.17. The Morgan fingerprint density at radius 2 is 1.79 bits per heavy atom.